The summed E-state index contributed by atoms with van der Waals surface area (Å²) in [6.07, 6.45) is 7.03. The first-order valence-electron chi connectivity index (χ1n) is 5.14. The summed E-state index contributed by atoms with van der Waals surface area (Å²) in [4.78, 5) is 4.19. The minimum absolute atomic E-state index is 0. The molecule has 1 aromatic rings. The molecule has 0 aliphatic carbocycles. The fraction of sp³-hybridized carbons (Fsp3) is 0.308. The first kappa shape index (κ1) is 13.2. The van der Waals surface area contributed by atoms with Gasteiger partial charge in [-0.1, -0.05) is 31.2 Å². The van der Waals surface area contributed by atoms with Crippen LogP contribution in [0.2, 0.25) is 0 Å². The second-order valence-corrected chi connectivity index (χ2v) is 3.63. The fourth-order valence-corrected chi connectivity index (χ4v) is 1.67. The molecule has 1 aromatic carbocycles. The summed E-state index contributed by atoms with van der Waals surface area (Å²) >= 11 is 0. The van der Waals surface area contributed by atoms with Crippen molar-refractivity contribution >= 4 is 11.9 Å². The SMILES string of the molecule is C[C-]=NC1=[C-]c2cc(C)ccc2NCC1.[W+2]. The molecular formula is C13H14N2W. The van der Waals surface area contributed by atoms with Crippen LogP contribution in [0.25, 0.3) is 0 Å². The third kappa shape index (κ3) is 3.05. The molecule has 0 saturated heterocycles. The van der Waals surface area contributed by atoms with Crippen molar-refractivity contribution in [3.05, 3.63) is 41.1 Å². The molecule has 0 spiro atoms. The van der Waals surface area contributed by atoms with Crippen LogP contribution in [0.5, 0.6) is 0 Å². The first-order chi connectivity index (χ1) is 7.29. The van der Waals surface area contributed by atoms with Crippen molar-refractivity contribution in [3.8, 4) is 0 Å². The molecule has 2 nitrogen and oxygen atoms in total. The van der Waals surface area contributed by atoms with Crippen LogP contribution in [0.15, 0.2) is 28.9 Å². The van der Waals surface area contributed by atoms with Gasteiger partial charge in [0.1, 0.15) is 0 Å². The van der Waals surface area contributed by atoms with Gasteiger partial charge in [0.2, 0.25) is 0 Å². The number of hydrogen-bond acceptors (Lipinski definition) is 2. The Hall–Kier alpha value is -0.882. The van der Waals surface area contributed by atoms with Crippen molar-refractivity contribution in [1.82, 2.24) is 0 Å². The Morgan fingerprint density at radius 1 is 1.44 bits per heavy atom. The van der Waals surface area contributed by atoms with Crippen LogP contribution in [-0.4, -0.2) is 12.8 Å². The summed E-state index contributed by atoms with van der Waals surface area (Å²) in [5.41, 5.74) is 4.45. The molecule has 0 fully saturated rings. The number of fused-ring (bicyclic) bond motifs is 1. The van der Waals surface area contributed by atoms with Gasteiger partial charge in [0.15, 0.2) is 0 Å². The maximum atomic E-state index is 4.19. The molecule has 0 amide bonds. The quantitative estimate of drug-likeness (QED) is 0.587. The second kappa shape index (κ2) is 6.00. The van der Waals surface area contributed by atoms with Crippen LogP contribution in [0.1, 0.15) is 24.5 Å². The molecule has 0 saturated carbocycles. The Balaban J connectivity index is 0.00000128. The molecule has 82 valence electrons. The zero-order chi connectivity index (χ0) is 10.7. The standard InChI is InChI=1S/C13H14N2.W/c1-3-14-12-6-7-15-13-5-4-10(2)8-11(13)9-12;/h4-5,8,15H,6-7H2,1-2H3;/q-2;+2. The van der Waals surface area contributed by atoms with Gasteiger partial charge < -0.3 is 10.3 Å². The summed E-state index contributed by atoms with van der Waals surface area (Å²) < 4.78 is 0. The predicted octanol–water partition coefficient (Wildman–Crippen LogP) is 2.81. The Bertz CT molecular complexity index is 422. The molecule has 1 aliphatic rings. The Morgan fingerprint density at radius 3 is 3.00 bits per heavy atom. The van der Waals surface area contributed by atoms with E-state index in [1.807, 2.05) is 6.92 Å². The number of aliphatic imine (C=N–C) groups is 1. The van der Waals surface area contributed by atoms with Crippen molar-refractivity contribution in [2.75, 3.05) is 11.9 Å². The van der Waals surface area contributed by atoms with Crippen LogP contribution in [0, 0.1) is 13.0 Å². The van der Waals surface area contributed by atoms with Gasteiger partial charge in [0.05, 0.1) is 0 Å². The van der Waals surface area contributed by atoms with Crippen molar-refractivity contribution in [2.24, 2.45) is 4.99 Å². The zero-order valence-electron chi connectivity index (χ0n) is 9.50. The van der Waals surface area contributed by atoms with E-state index >= 15 is 0 Å². The van der Waals surface area contributed by atoms with Crippen LogP contribution in [0.4, 0.5) is 5.69 Å². The van der Waals surface area contributed by atoms with Gasteiger partial charge >= 0.3 is 21.1 Å². The van der Waals surface area contributed by atoms with E-state index in [1.54, 1.807) is 0 Å². The molecule has 1 N–H and O–H groups in total. The molecular weight excluding hydrogens is 368 g/mol. The minimum atomic E-state index is 0. The van der Waals surface area contributed by atoms with E-state index in [1.165, 1.54) is 5.56 Å². The maximum absolute atomic E-state index is 4.19. The third-order valence-corrected chi connectivity index (χ3v) is 2.38. The van der Waals surface area contributed by atoms with Gasteiger partial charge in [0, 0.05) is 0 Å². The molecule has 1 aliphatic heterocycles. The van der Waals surface area contributed by atoms with Gasteiger partial charge in [-0.05, 0) is 6.54 Å². The Labute approximate surface area is 111 Å². The average Bonchev–Trinajstić information content (AvgIpc) is 2.39. The topological polar surface area (TPSA) is 24.4 Å². The zero-order valence-corrected chi connectivity index (χ0v) is 12.4. The largest absolute Gasteiger partial charge is 2.00 e. The van der Waals surface area contributed by atoms with Gasteiger partial charge in [-0.3, -0.25) is 6.08 Å². The van der Waals surface area contributed by atoms with E-state index < -0.39 is 0 Å². The van der Waals surface area contributed by atoms with Crippen molar-refractivity contribution < 1.29 is 21.1 Å². The van der Waals surface area contributed by atoms with Crippen LogP contribution < -0.4 is 5.32 Å². The Kier molecular flexibility index (Phi) is 4.95. The summed E-state index contributed by atoms with van der Waals surface area (Å²) in [5.74, 6) is 0. The van der Waals surface area contributed by atoms with E-state index in [-0.39, 0.29) is 21.1 Å². The number of benzene rings is 1. The van der Waals surface area contributed by atoms with E-state index in [0.717, 1.165) is 29.9 Å². The van der Waals surface area contributed by atoms with E-state index in [9.17, 15) is 0 Å². The smallest absolute Gasteiger partial charge is 0.473 e. The Morgan fingerprint density at radius 2 is 2.25 bits per heavy atom. The molecule has 0 aromatic heterocycles. The summed E-state index contributed by atoms with van der Waals surface area (Å²) in [7, 11) is 0. The molecule has 0 atom stereocenters. The predicted molar refractivity (Wildman–Crippen MR) is 63.3 cm³/mol. The summed E-state index contributed by atoms with van der Waals surface area (Å²) in [6, 6.07) is 6.33. The minimum Gasteiger partial charge on any atom is -0.473 e. The number of rotatable bonds is 1. The number of nitrogens with zero attached hydrogens (tertiary/aromatic N) is 1. The normalized spacial score (nSPS) is 14.5. The van der Waals surface area contributed by atoms with Crippen molar-refractivity contribution in [3.63, 3.8) is 0 Å². The first-order valence-corrected chi connectivity index (χ1v) is 5.14. The summed E-state index contributed by atoms with van der Waals surface area (Å²) in [6.45, 7) is 4.80. The van der Waals surface area contributed by atoms with Gasteiger partial charge in [-0.15, -0.1) is 12.5 Å². The average molecular weight is 382 g/mol. The number of nitrogens with one attached hydrogen (secondary N) is 1. The molecule has 16 heavy (non-hydrogen) atoms. The fourth-order valence-electron chi connectivity index (χ4n) is 1.67. The van der Waals surface area contributed by atoms with Crippen LogP contribution in [0.3, 0.4) is 0 Å². The van der Waals surface area contributed by atoms with Crippen LogP contribution >= 0.6 is 0 Å². The third-order valence-electron chi connectivity index (χ3n) is 2.38. The van der Waals surface area contributed by atoms with Crippen molar-refractivity contribution in [1.29, 1.82) is 0 Å². The van der Waals surface area contributed by atoms with Gasteiger partial charge in [-0.2, -0.15) is 23.5 Å². The monoisotopic (exact) mass is 382 g/mol. The van der Waals surface area contributed by atoms with Gasteiger partial charge in [-0.25, -0.2) is 0 Å². The number of aryl methyl sites for hydroxylation is 1. The molecule has 1 heterocycles. The molecule has 3 heteroatoms. The van der Waals surface area contributed by atoms with Gasteiger partial charge in [0.25, 0.3) is 0 Å². The van der Waals surface area contributed by atoms with E-state index in [2.05, 4.69) is 47.7 Å². The van der Waals surface area contributed by atoms with Crippen molar-refractivity contribution in [2.45, 2.75) is 20.3 Å². The van der Waals surface area contributed by atoms with Crippen LogP contribution in [-0.2, 0) is 21.1 Å². The molecule has 0 unspecified atom stereocenters. The number of hydrogen-bond donors (Lipinski definition) is 1. The summed E-state index contributed by atoms with van der Waals surface area (Å²) in [5, 5.41) is 3.37. The van der Waals surface area contributed by atoms with E-state index in [0.29, 0.717) is 0 Å². The number of anilines is 1. The molecule has 0 radical (unpaired) electrons. The molecule has 2 rings (SSSR count). The molecule has 0 bridgehead atoms. The van der Waals surface area contributed by atoms with E-state index in [4.69, 9.17) is 0 Å². The second-order valence-electron chi connectivity index (χ2n) is 3.63. The maximum Gasteiger partial charge on any atom is 2.00 e.